The van der Waals surface area contributed by atoms with E-state index >= 15 is 0 Å². The molecule has 0 amide bonds. The van der Waals surface area contributed by atoms with Crippen LogP contribution in [0.2, 0.25) is 0 Å². The smallest absolute Gasteiger partial charge is 0.168 e. The third kappa shape index (κ3) is 3.41. The molecule has 0 aliphatic carbocycles. The number of fused-ring (bicyclic) bond motifs is 5. The van der Waals surface area contributed by atoms with Crippen molar-refractivity contribution in [3.05, 3.63) is 85.3 Å². The summed E-state index contributed by atoms with van der Waals surface area (Å²) >= 11 is 0. The molecule has 3 aromatic carbocycles. The van der Waals surface area contributed by atoms with Crippen molar-refractivity contribution < 1.29 is 14.0 Å². The lowest BCUT2D eigenvalue weighted by atomic mass is 10.0. The van der Waals surface area contributed by atoms with Gasteiger partial charge in [0.25, 0.3) is 0 Å². The molecule has 0 saturated carbocycles. The Morgan fingerprint density at radius 2 is 1.67 bits per heavy atom. The van der Waals surface area contributed by atoms with Gasteiger partial charge >= 0.3 is 0 Å². The fourth-order valence-electron chi connectivity index (χ4n) is 3.95. The second-order valence-corrected chi connectivity index (χ2v) is 7.35. The van der Waals surface area contributed by atoms with Gasteiger partial charge in [0, 0.05) is 40.9 Å². The van der Waals surface area contributed by atoms with Crippen LogP contribution in [-0.2, 0) is 6.54 Å². The molecule has 2 heterocycles. The highest BCUT2D eigenvalue weighted by Gasteiger charge is 2.12. The van der Waals surface area contributed by atoms with E-state index in [1.54, 1.807) is 7.11 Å². The van der Waals surface area contributed by atoms with Crippen LogP contribution in [0.5, 0.6) is 11.5 Å². The van der Waals surface area contributed by atoms with E-state index < -0.39 is 0 Å². The first-order valence-electron chi connectivity index (χ1n) is 10.2. The van der Waals surface area contributed by atoms with Gasteiger partial charge in [0.05, 0.1) is 19.2 Å². The summed E-state index contributed by atoms with van der Waals surface area (Å²) in [7, 11) is 1.69. The number of aromatic nitrogens is 2. The summed E-state index contributed by atoms with van der Waals surface area (Å²) in [6.45, 7) is 1.53. The molecule has 0 saturated heterocycles. The van der Waals surface area contributed by atoms with E-state index in [0.717, 1.165) is 51.5 Å². The topological polar surface area (TPSA) is 35.2 Å². The van der Waals surface area contributed by atoms with Gasteiger partial charge in [-0.1, -0.05) is 42.5 Å². The Kier molecular flexibility index (Phi) is 4.89. The van der Waals surface area contributed by atoms with Crippen molar-refractivity contribution in [1.29, 1.82) is 0 Å². The quantitative estimate of drug-likeness (QED) is 0.222. The molecule has 0 aliphatic rings. The van der Waals surface area contributed by atoms with Crippen molar-refractivity contribution in [3.63, 3.8) is 0 Å². The van der Waals surface area contributed by atoms with Crippen LogP contribution in [0.25, 0.3) is 32.4 Å². The predicted molar refractivity (Wildman–Crippen MR) is 120 cm³/mol. The van der Waals surface area contributed by atoms with Gasteiger partial charge in [-0.2, -0.15) is 0 Å². The van der Waals surface area contributed by atoms with Crippen LogP contribution in [0.1, 0.15) is 6.42 Å². The molecule has 0 spiro atoms. The molecule has 0 bridgehead atoms. The number of ether oxygens (including phenoxy) is 2. The Labute approximate surface area is 175 Å². The van der Waals surface area contributed by atoms with Crippen molar-refractivity contribution in [3.8, 4) is 11.5 Å². The second-order valence-electron chi connectivity index (χ2n) is 7.35. The van der Waals surface area contributed by atoms with Crippen molar-refractivity contribution >= 4 is 32.4 Å². The monoisotopic (exact) mass is 395 g/mol. The molecule has 2 aromatic heterocycles. The summed E-state index contributed by atoms with van der Waals surface area (Å²) in [6.07, 6.45) is 6.97. The van der Waals surface area contributed by atoms with Crippen LogP contribution in [0.3, 0.4) is 0 Å². The van der Waals surface area contributed by atoms with Gasteiger partial charge in [0.2, 0.25) is 0 Å². The highest BCUT2D eigenvalue weighted by atomic mass is 16.5. The highest BCUT2D eigenvalue weighted by molar-refractivity contribution is 6.15. The molecule has 0 radical (unpaired) electrons. The number of hydrogen-bond donors (Lipinski definition) is 0. The normalized spacial score (nSPS) is 11.2. The van der Waals surface area contributed by atoms with Crippen LogP contribution >= 0.6 is 0 Å². The van der Waals surface area contributed by atoms with E-state index in [4.69, 9.17) is 14.5 Å². The van der Waals surface area contributed by atoms with Crippen LogP contribution in [0.4, 0.5) is 0 Å². The zero-order valence-corrected chi connectivity index (χ0v) is 16.9. The minimum absolute atomic E-state index is 0.620. The van der Waals surface area contributed by atoms with Crippen molar-refractivity contribution in [1.82, 2.24) is 4.98 Å². The molecule has 5 rings (SSSR count). The lowest BCUT2D eigenvalue weighted by Gasteiger charge is -2.13. The van der Waals surface area contributed by atoms with Crippen molar-refractivity contribution in [2.45, 2.75) is 13.0 Å². The summed E-state index contributed by atoms with van der Waals surface area (Å²) in [6, 6.07) is 22.8. The summed E-state index contributed by atoms with van der Waals surface area (Å²) in [5.74, 6) is 1.50. The molecule has 0 unspecified atom stereocenters. The number of methoxy groups -OCH3 is 1. The SMILES string of the molecule is COc1cc2c(cnc3c4ccccc4ccc23)cc1OCCC[n+]1ccccc1. The summed E-state index contributed by atoms with van der Waals surface area (Å²) in [4.78, 5) is 4.77. The maximum Gasteiger partial charge on any atom is 0.168 e. The van der Waals surface area contributed by atoms with E-state index in [2.05, 4.69) is 59.4 Å². The first kappa shape index (κ1) is 18.4. The van der Waals surface area contributed by atoms with Crippen LogP contribution < -0.4 is 14.0 Å². The van der Waals surface area contributed by atoms with Gasteiger partial charge in [-0.25, -0.2) is 4.57 Å². The molecular weight excluding hydrogens is 372 g/mol. The predicted octanol–water partition coefficient (Wildman–Crippen LogP) is 5.31. The Bertz CT molecular complexity index is 1330. The molecular formula is C26H23N2O2+. The van der Waals surface area contributed by atoms with Crippen molar-refractivity contribution in [2.24, 2.45) is 0 Å². The van der Waals surface area contributed by atoms with Gasteiger partial charge in [-0.05, 0) is 22.9 Å². The van der Waals surface area contributed by atoms with Gasteiger partial charge in [-0.3, -0.25) is 4.98 Å². The maximum absolute atomic E-state index is 6.07. The Hall–Kier alpha value is -3.66. The standard InChI is InChI=1S/C26H23N2O2/c1-29-24-17-23-20(16-25(24)30-15-7-14-28-12-5-2-6-13-28)18-27-26-21-9-4-3-8-19(21)10-11-22(23)26/h2-6,8-13,16-18H,7,14-15H2,1H3/q+1. The molecule has 5 aromatic rings. The van der Waals surface area contributed by atoms with E-state index in [0.29, 0.717) is 6.61 Å². The lowest BCUT2D eigenvalue weighted by molar-refractivity contribution is -0.697. The lowest BCUT2D eigenvalue weighted by Crippen LogP contribution is -2.33. The van der Waals surface area contributed by atoms with Crippen LogP contribution in [0.15, 0.2) is 85.3 Å². The summed E-state index contributed by atoms with van der Waals surface area (Å²) in [5, 5.41) is 5.65. The largest absolute Gasteiger partial charge is 0.493 e. The molecule has 30 heavy (non-hydrogen) atoms. The molecule has 0 N–H and O–H groups in total. The van der Waals surface area contributed by atoms with E-state index in [1.807, 2.05) is 30.5 Å². The Balaban J connectivity index is 1.46. The van der Waals surface area contributed by atoms with Gasteiger partial charge in [0.1, 0.15) is 0 Å². The highest BCUT2D eigenvalue weighted by Crippen LogP contribution is 2.36. The van der Waals surface area contributed by atoms with Crippen LogP contribution in [-0.4, -0.2) is 18.7 Å². The number of hydrogen-bond acceptors (Lipinski definition) is 3. The third-order valence-electron chi connectivity index (χ3n) is 5.45. The van der Waals surface area contributed by atoms with Gasteiger partial charge in [-0.15, -0.1) is 0 Å². The third-order valence-corrected chi connectivity index (χ3v) is 5.45. The Morgan fingerprint density at radius 1 is 0.800 bits per heavy atom. The average Bonchev–Trinajstić information content (AvgIpc) is 2.81. The number of benzene rings is 3. The van der Waals surface area contributed by atoms with Crippen LogP contribution in [0, 0.1) is 0 Å². The molecule has 4 heteroatoms. The molecule has 0 aliphatic heterocycles. The van der Waals surface area contributed by atoms with E-state index in [9.17, 15) is 0 Å². The first-order chi connectivity index (χ1) is 14.8. The fourth-order valence-corrected chi connectivity index (χ4v) is 3.95. The van der Waals surface area contributed by atoms with E-state index in [-0.39, 0.29) is 0 Å². The minimum Gasteiger partial charge on any atom is -0.493 e. The molecule has 4 nitrogen and oxygen atoms in total. The number of rotatable bonds is 6. The number of aryl methyl sites for hydroxylation is 1. The zero-order chi connectivity index (χ0) is 20.3. The first-order valence-corrected chi connectivity index (χ1v) is 10.2. The second kappa shape index (κ2) is 7.99. The number of nitrogens with zero attached hydrogens (tertiary/aromatic N) is 2. The fraction of sp³-hybridized carbons (Fsp3) is 0.154. The molecule has 0 fully saturated rings. The zero-order valence-electron chi connectivity index (χ0n) is 16.9. The van der Waals surface area contributed by atoms with E-state index in [1.165, 1.54) is 5.39 Å². The minimum atomic E-state index is 0.620. The summed E-state index contributed by atoms with van der Waals surface area (Å²) < 4.78 is 13.9. The maximum atomic E-state index is 6.07. The Morgan fingerprint density at radius 3 is 2.53 bits per heavy atom. The van der Waals surface area contributed by atoms with Gasteiger partial charge < -0.3 is 9.47 Å². The molecule has 148 valence electrons. The summed E-state index contributed by atoms with van der Waals surface area (Å²) in [5.41, 5.74) is 1.01. The molecule has 0 atom stereocenters. The number of pyridine rings is 2. The average molecular weight is 395 g/mol. The van der Waals surface area contributed by atoms with Crippen molar-refractivity contribution in [2.75, 3.05) is 13.7 Å². The van der Waals surface area contributed by atoms with Gasteiger partial charge in [0.15, 0.2) is 30.4 Å².